The average molecular weight is 298 g/mol. The molecule has 1 saturated carbocycles. The number of amides is 1. The predicted molar refractivity (Wildman–Crippen MR) is 70.0 cm³/mol. The highest BCUT2D eigenvalue weighted by Crippen LogP contribution is 2.21. The van der Waals surface area contributed by atoms with Crippen molar-refractivity contribution in [2.75, 3.05) is 0 Å². The van der Waals surface area contributed by atoms with Gasteiger partial charge in [0.25, 0.3) is 5.91 Å². The molecule has 0 saturated heterocycles. The van der Waals surface area contributed by atoms with Crippen molar-refractivity contribution in [3.63, 3.8) is 0 Å². The van der Waals surface area contributed by atoms with Crippen LogP contribution in [0.15, 0.2) is 22.7 Å². The lowest BCUT2D eigenvalue weighted by Gasteiger charge is -2.17. The number of aliphatic hydroxyl groups is 1. The van der Waals surface area contributed by atoms with Gasteiger partial charge in [-0.15, -0.1) is 0 Å². The molecule has 1 fully saturated rings. The smallest absolute Gasteiger partial charge is 0.252 e. The number of hydrogen-bond donors (Lipinski definition) is 2. The Labute approximate surface area is 109 Å². The number of aryl methyl sites for hydroxylation is 1. The van der Waals surface area contributed by atoms with E-state index in [1.54, 1.807) is 6.07 Å². The van der Waals surface area contributed by atoms with Crippen molar-refractivity contribution in [3.05, 3.63) is 33.8 Å². The Morgan fingerprint density at radius 2 is 2.24 bits per heavy atom. The quantitative estimate of drug-likeness (QED) is 0.881. The molecule has 2 N–H and O–H groups in total. The number of rotatable bonds is 2. The predicted octanol–water partition coefficient (Wildman–Crippen LogP) is 2.40. The van der Waals surface area contributed by atoms with E-state index in [0.717, 1.165) is 29.3 Å². The van der Waals surface area contributed by atoms with Gasteiger partial charge in [0.05, 0.1) is 17.7 Å². The number of hydrogen-bond acceptors (Lipinski definition) is 2. The highest BCUT2D eigenvalue weighted by Gasteiger charge is 2.27. The largest absolute Gasteiger partial charge is 0.391 e. The average Bonchev–Trinajstić information content (AvgIpc) is 2.64. The molecule has 0 bridgehead atoms. The van der Waals surface area contributed by atoms with Crippen molar-refractivity contribution < 1.29 is 9.90 Å². The fraction of sp³-hybridized carbons (Fsp3) is 0.462. The van der Waals surface area contributed by atoms with Crippen molar-refractivity contribution in [2.24, 2.45) is 0 Å². The number of benzene rings is 1. The summed E-state index contributed by atoms with van der Waals surface area (Å²) < 4.78 is 0.794. The monoisotopic (exact) mass is 297 g/mol. The van der Waals surface area contributed by atoms with E-state index in [1.807, 2.05) is 19.1 Å². The maximum absolute atomic E-state index is 12.0. The van der Waals surface area contributed by atoms with Crippen molar-refractivity contribution in [1.29, 1.82) is 0 Å². The van der Waals surface area contributed by atoms with Gasteiger partial charge >= 0.3 is 0 Å². The molecule has 0 aromatic heterocycles. The Kier molecular flexibility index (Phi) is 3.84. The number of aliphatic hydroxyl groups excluding tert-OH is 1. The minimum Gasteiger partial charge on any atom is -0.391 e. The van der Waals surface area contributed by atoms with Gasteiger partial charge in [0, 0.05) is 4.47 Å². The molecular formula is C13H16BrNO2. The Morgan fingerprint density at radius 3 is 2.82 bits per heavy atom. The lowest BCUT2D eigenvalue weighted by atomic mass is 10.1. The van der Waals surface area contributed by atoms with Crippen LogP contribution in [0, 0.1) is 6.92 Å². The van der Waals surface area contributed by atoms with E-state index in [4.69, 9.17) is 0 Å². The van der Waals surface area contributed by atoms with Crippen molar-refractivity contribution in [3.8, 4) is 0 Å². The van der Waals surface area contributed by atoms with Gasteiger partial charge in [-0.25, -0.2) is 0 Å². The van der Waals surface area contributed by atoms with Crippen LogP contribution < -0.4 is 5.32 Å². The lowest BCUT2D eigenvalue weighted by molar-refractivity contribution is 0.0872. The highest BCUT2D eigenvalue weighted by molar-refractivity contribution is 9.10. The number of halogens is 1. The van der Waals surface area contributed by atoms with Gasteiger partial charge in [-0.2, -0.15) is 0 Å². The Hall–Kier alpha value is -0.870. The topological polar surface area (TPSA) is 49.3 Å². The molecule has 2 unspecified atom stereocenters. The number of carbonyl (C=O) groups is 1. The van der Waals surface area contributed by atoms with Gasteiger partial charge in [-0.1, -0.05) is 6.07 Å². The van der Waals surface area contributed by atoms with Crippen LogP contribution in [0.2, 0.25) is 0 Å². The Morgan fingerprint density at radius 1 is 1.47 bits per heavy atom. The third kappa shape index (κ3) is 2.87. The summed E-state index contributed by atoms with van der Waals surface area (Å²) in [4.78, 5) is 12.0. The molecule has 92 valence electrons. The van der Waals surface area contributed by atoms with Crippen molar-refractivity contribution in [2.45, 2.75) is 38.3 Å². The van der Waals surface area contributed by atoms with Crippen LogP contribution in [0.5, 0.6) is 0 Å². The molecule has 1 aromatic rings. The van der Waals surface area contributed by atoms with Crippen LogP contribution in [0.1, 0.15) is 35.2 Å². The van der Waals surface area contributed by atoms with E-state index < -0.39 is 6.10 Å². The summed E-state index contributed by atoms with van der Waals surface area (Å²) in [6, 6.07) is 5.52. The van der Waals surface area contributed by atoms with Crippen LogP contribution in [0.3, 0.4) is 0 Å². The van der Waals surface area contributed by atoms with Gasteiger partial charge in [-0.05, 0) is 59.8 Å². The number of carbonyl (C=O) groups excluding carboxylic acids is 1. The van der Waals surface area contributed by atoms with Gasteiger partial charge < -0.3 is 10.4 Å². The van der Waals surface area contributed by atoms with Gasteiger partial charge in [-0.3, -0.25) is 4.79 Å². The maximum atomic E-state index is 12.0. The molecule has 1 aliphatic carbocycles. The Balaban J connectivity index is 2.09. The van der Waals surface area contributed by atoms with E-state index in [0.29, 0.717) is 5.56 Å². The molecule has 0 heterocycles. The second-order valence-corrected chi connectivity index (χ2v) is 5.42. The SMILES string of the molecule is Cc1ccc(C(=O)NC2CCCC2O)c(Br)c1. The van der Waals surface area contributed by atoms with Crippen LogP contribution in [0.25, 0.3) is 0 Å². The molecular weight excluding hydrogens is 282 g/mol. The normalized spacial score (nSPS) is 23.7. The maximum Gasteiger partial charge on any atom is 0.252 e. The molecule has 3 nitrogen and oxygen atoms in total. The summed E-state index contributed by atoms with van der Waals surface area (Å²) in [7, 11) is 0. The summed E-state index contributed by atoms with van der Waals surface area (Å²) >= 11 is 3.39. The fourth-order valence-corrected chi connectivity index (χ4v) is 2.83. The van der Waals surface area contributed by atoms with Gasteiger partial charge in [0.15, 0.2) is 0 Å². The molecule has 2 atom stereocenters. The van der Waals surface area contributed by atoms with E-state index in [1.165, 1.54) is 0 Å². The molecule has 1 aliphatic rings. The first kappa shape index (κ1) is 12.6. The zero-order chi connectivity index (χ0) is 12.4. The first-order chi connectivity index (χ1) is 8.08. The first-order valence-electron chi connectivity index (χ1n) is 5.83. The minimum atomic E-state index is -0.400. The van der Waals surface area contributed by atoms with E-state index in [-0.39, 0.29) is 11.9 Å². The molecule has 17 heavy (non-hydrogen) atoms. The van der Waals surface area contributed by atoms with E-state index in [2.05, 4.69) is 21.2 Å². The highest BCUT2D eigenvalue weighted by atomic mass is 79.9. The van der Waals surface area contributed by atoms with Crippen molar-refractivity contribution >= 4 is 21.8 Å². The zero-order valence-electron chi connectivity index (χ0n) is 9.74. The molecule has 1 aromatic carbocycles. The van der Waals surface area contributed by atoms with Crippen LogP contribution in [-0.2, 0) is 0 Å². The summed E-state index contributed by atoms with van der Waals surface area (Å²) in [5.41, 5.74) is 1.73. The molecule has 1 amide bonds. The lowest BCUT2D eigenvalue weighted by Crippen LogP contribution is -2.39. The molecule has 0 aliphatic heterocycles. The minimum absolute atomic E-state index is 0.101. The van der Waals surface area contributed by atoms with Crippen LogP contribution in [0.4, 0.5) is 0 Å². The fourth-order valence-electron chi connectivity index (χ4n) is 2.16. The first-order valence-corrected chi connectivity index (χ1v) is 6.62. The zero-order valence-corrected chi connectivity index (χ0v) is 11.3. The third-order valence-electron chi connectivity index (χ3n) is 3.17. The van der Waals surface area contributed by atoms with Crippen LogP contribution in [-0.4, -0.2) is 23.2 Å². The molecule has 4 heteroatoms. The van der Waals surface area contributed by atoms with Crippen molar-refractivity contribution in [1.82, 2.24) is 5.32 Å². The Bertz CT molecular complexity index is 433. The van der Waals surface area contributed by atoms with E-state index in [9.17, 15) is 9.90 Å². The van der Waals surface area contributed by atoms with E-state index >= 15 is 0 Å². The molecule has 0 radical (unpaired) electrons. The summed E-state index contributed by atoms with van der Waals surface area (Å²) in [5, 5.41) is 12.6. The standard InChI is InChI=1S/C13H16BrNO2/c1-8-5-6-9(10(14)7-8)13(17)15-11-3-2-4-12(11)16/h5-7,11-12,16H,2-4H2,1H3,(H,15,17). The second-order valence-electron chi connectivity index (χ2n) is 4.56. The summed E-state index contributed by atoms with van der Waals surface area (Å²) in [5.74, 6) is -0.122. The number of nitrogens with one attached hydrogen (secondary N) is 1. The third-order valence-corrected chi connectivity index (χ3v) is 3.82. The molecule has 2 rings (SSSR count). The van der Waals surface area contributed by atoms with Gasteiger partial charge in [0.1, 0.15) is 0 Å². The second kappa shape index (κ2) is 5.19. The summed E-state index contributed by atoms with van der Waals surface area (Å²) in [6.45, 7) is 1.98. The summed E-state index contributed by atoms with van der Waals surface area (Å²) in [6.07, 6.45) is 2.21. The van der Waals surface area contributed by atoms with Crippen LogP contribution >= 0.6 is 15.9 Å². The van der Waals surface area contributed by atoms with Gasteiger partial charge in [0.2, 0.25) is 0 Å². The molecule has 0 spiro atoms.